The van der Waals surface area contributed by atoms with Crippen molar-refractivity contribution in [2.24, 2.45) is 11.3 Å². The lowest BCUT2D eigenvalue weighted by Crippen LogP contribution is -2.59. The number of nitrogens with zero attached hydrogens (tertiary/aromatic N) is 2. The molecule has 10 nitrogen and oxygen atoms in total. The lowest BCUT2D eigenvalue weighted by atomic mass is 9.85. The number of likely N-dealkylation sites (tertiary alicyclic amines) is 1. The van der Waals surface area contributed by atoms with Crippen molar-refractivity contribution in [2.45, 2.75) is 77.1 Å². The normalized spacial score (nSPS) is 24.2. The lowest BCUT2D eigenvalue weighted by molar-refractivity contribution is -0.176. The van der Waals surface area contributed by atoms with Gasteiger partial charge in [-0.25, -0.2) is 0 Å². The topological polar surface area (TPSA) is 141 Å². The van der Waals surface area contributed by atoms with Crippen LogP contribution in [0.2, 0.25) is 0 Å². The fraction of sp³-hybridized carbons (Fsp3) is 0.762. The standard InChI is InChI=1S/C21H28F5N5O5/c1-20(2,3)14(30-18(35)21(24,25)26)17(34)31-9-12(36-19(22)23)7-13(31)16(33)29-11(8-27)6-10-4-5-28-15(10)32/h10-14,19H,4-7,9H2,1-3H3,(H,28,32)(H,29,33)(H,30,35)/t10-,11-,12+,13-,14+/m0/s1. The van der Waals surface area contributed by atoms with Crippen molar-refractivity contribution < 1.29 is 45.9 Å². The Hall–Kier alpha value is -3.02. The van der Waals surface area contributed by atoms with Crippen molar-refractivity contribution in [3.8, 4) is 6.07 Å². The number of rotatable bonds is 8. The molecule has 3 N–H and O–H groups in total. The molecule has 0 bridgehead atoms. The second kappa shape index (κ2) is 11.4. The average Bonchev–Trinajstić information content (AvgIpc) is 3.34. The molecule has 2 rings (SSSR count). The van der Waals surface area contributed by atoms with Crippen LogP contribution in [0.25, 0.3) is 0 Å². The van der Waals surface area contributed by atoms with E-state index in [0.717, 1.165) is 4.90 Å². The monoisotopic (exact) mass is 525 g/mol. The molecule has 2 aliphatic heterocycles. The quantitative estimate of drug-likeness (QED) is 0.401. The van der Waals surface area contributed by atoms with Crippen LogP contribution in [0.3, 0.4) is 0 Å². The third kappa shape index (κ3) is 7.49. The van der Waals surface area contributed by atoms with Crippen molar-refractivity contribution in [3.63, 3.8) is 0 Å². The van der Waals surface area contributed by atoms with E-state index in [1.54, 1.807) is 5.32 Å². The summed E-state index contributed by atoms with van der Waals surface area (Å²) in [5.41, 5.74) is -1.26. The Balaban J connectivity index is 2.26. The van der Waals surface area contributed by atoms with Gasteiger partial charge in [0.25, 0.3) is 0 Å². The van der Waals surface area contributed by atoms with Gasteiger partial charge in [-0.2, -0.15) is 27.2 Å². The smallest absolute Gasteiger partial charge is 0.356 e. The van der Waals surface area contributed by atoms with Crippen LogP contribution in [0, 0.1) is 22.7 Å². The van der Waals surface area contributed by atoms with Crippen LogP contribution < -0.4 is 16.0 Å². The van der Waals surface area contributed by atoms with E-state index in [1.807, 2.05) is 6.07 Å². The molecule has 36 heavy (non-hydrogen) atoms. The van der Waals surface area contributed by atoms with Gasteiger partial charge in [0, 0.05) is 25.4 Å². The predicted octanol–water partition coefficient (Wildman–Crippen LogP) is 0.823. The van der Waals surface area contributed by atoms with Crippen LogP contribution in [-0.4, -0.2) is 78.6 Å². The second-order valence-corrected chi connectivity index (χ2v) is 9.73. The number of nitriles is 1. The summed E-state index contributed by atoms with van der Waals surface area (Å²) in [5.74, 6) is -5.24. The third-order valence-electron chi connectivity index (χ3n) is 5.94. The summed E-state index contributed by atoms with van der Waals surface area (Å²) in [6, 6.07) is -2.55. The van der Waals surface area contributed by atoms with Crippen LogP contribution in [-0.2, 0) is 23.9 Å². The van der Waals surface area contributed by atoms with Gasteiger partial charge in [-0.3, -0.25) is 19.2 Å². The summed E-state index contributed by atoms with van der Waals surface area (Å²) in [6.45, 7) is 0.738. The van der Waals surface area contributed by atoms with Crippen molar-refractivity contribution in [2.75, 3.05) is 13.1 Å². The van der Waals surface area contributed by atoms with Gasteiger partial charge in [-0.1, -0.05) is 20.8 Å². The molecule has 2 aliphatic rings. The maximum atomic E-state index is 13.3. The van der Waals surface area contributed by atoms with E-state index in [0.29, 0.717) is 13.0 Å². The molecular weight excluding hydrogens is 497 g/mol. The number of halogens is 5. The maximum Gasteiger partial charge on any atom is 0.471 e. The molecule has 0 spiro atoms. The zero-order chi connectivity index (χ0) is 27.4. The van der Waals surface area contributed by atoms with Gasteiger partial charge in [0.1, 0.15) is 18.1 Å². The number of ether oxygens (including phenoxy) is 1. The Kier molecular flexibility index (Phi) is 9.22. The first-order valence-electron chi connectivity index (χ1n) is 11.1. The summed E-state index contributed by atoms with van der Waals surface area (Å²) in [5, 5.41) is 16.0. The fourth-order valence-corrected chi connectivity index (χ4v) is 4.13. The molecule has 2 fully saturated rings. The Bertz CT molecular complexity index is 901. The first kappa shape index (κ1) is 29.2. The van der Waals surface area contributed by atoms with Crippen molar-refractivity contribution >= 4 is 23.6 Å². The van der Waals surface area contributed by atoms with Crippen LogP contribution in [0.4, 0.5) is 22.0 Å². The second-order valence-electron chi connectivity index (χ2n) is 9.73. The maximum absolute atomic E-state index is 13.3. The van der Waals surface area contributed by atoms with E-state index in [1.165, 1.54) is 20.8 Å². The summed E-state index contributed by atoms with van der Waals surface area (Å²) >= 11 is 0. The summed E-state index contributed by atoms with van der Waals surface area (Å²) < 4.78 is 68.7. The Morgan fingerprint density at radius 3 is 2.33 bits per heavy atom. The zero-order valence-corrected chi connectivity index (χ0v) is 19.8. The lowest BCUT2D eigenvalue weighted by Gasteiger charge is -2.35. The zero-order valence-electron chi connectivity index (χ0n) is 19.8. The van der Waals surface area contributed by atoms with Gasteiger partial charge >= 0.3 is 18.7 Å². The molecule has 0 aromatic rings. The van der Waals surface area contributed by atoms with Crippen LogP contribution >= 0.6 is 0 Å². The van der Waals surface area contributed by atoms with Gasteiger partial charge in [0.2, 0.25) is 17.7 Å². The summed E-state index contributed by atoms with van der Waals surface area (Å²) in [4.78, 5) is 50.4. The number of amides is 4. The highest BCUT2D eigenvalue weighted by molar-refractivity contribution is 5.94. The van der Waals surface area contributed by atoms with Gasteiger partial charge in [-0.05, 0) is 18.3 Å². The van der Waals surface area contributed by atoms with Gasteiger partial charge in [-0.15, -0.1) is 0 Å². The molecule has 0 aromatic heterocycles. The molecule has 2 saturated heterocycles. The van der Waals surface area contributed by atoms with Gasteiger partial charge < -0.3 is 25.6 Å². The molecule has 0 unspecified atom stereocenters. The molecule has 15 heteroatoms. The van der Waals surface area contributed by atoms with Crippen LogP contribution in [0.1, 0.15) is 40.0 Å². The predicted molar refractivity (Wildman–Crippen MR) is 112 cm³/mol. The number of hydrogen-bond acceptors (Lipinski definition) is 6. The van der Waals surface area contributed by atoms with E-state index in [2.05, 4.69) is 15.4 Å². The molecule has 0 aliphatic carbocycles. The molecule has 0 radical (unpaired) electrons. The van der Waals surface area contributed by atoms with E-state index < -0.39 is 79.0 Å². The van der Waals surface area contributed by atoms with Crippen molar-refractivity contribution in [3.05, 3.63) is 0 Å². The molecule has 0 saturated carbocycles. The van der Waals surface area contributed by atoms with Crippen molar-refractivity contribution in [1.82, 2.24) is 20.9 Å². The minimum atomic E-state index is -5.29. The van der Waals surface area contributed by atoms with Crippen LogP contribution in [0.15, 0.2) is 0 Å². The highest BCUT2D eigenvalue weighted by Crippen LogP contribution is 2.29. The largest absolute Gasteiger partial charge is 0.471 e. The first-order chi connectivity index (χ1) is 16.5. The number of carbonyl (C=O) groups is 4. The number of nitrogens with one attached hydrogen (secondary N) is 3. The molecular formula is C21H28F5N5O5. The minimum Gasteiger partial charge on any atom is -0.356 e. The SMILES string of the molecule is CC(C)(C)[C@H](NC(=O)C(F)(F)F)C(=O)N1C[C@H](OC(F)F)C[C@H]1C(=O)N[C@H](C#N)C[C@@H]1CCNC1=O. The number of hydrogen-bond donors (Lipinski definition) is 3. The number of carbonyl (C=O) groups excluding carboxylic acids is 4. The first-order valence-corrected chi connectivity index (χ1v) is 11.1. The Labute approximate surface area is 203 Å². The molecule has 0 aromatic carbocycles. The van der Waals surface area contributed by atoms with Gasteiger partial charge in [0.15, 0.2) is 0 Å². The Morgan fingerprint density at radius 1 is 1.22 bits per heavy atom. The van der Waals surface area contributed by atoms with E-state index in [9.17, 15) is 46.4 Å². The van der Waals surface area contributed by atoms with E-state index in [-0.39, 0.29) is 12.3 Å². The average molecular weight is 525 g/mol. The summed E-state index contributed by atoms with van der Waals surface area (Å²) in [7, 11) is 0. The number of alkyl halides is 5. The Morgan fingerprint density at radius 2 is 1.86 bits per heavy atom. The van der Waals surface area contributed by atoms with Crippen LogP contribution in [0.5, 0.6) is 0 Å². The van der Waals surface area contributed by atoms with Crippen molar-refractivity contribution in [1.29, 1.82) is 5.26 Å². The molecule has 2 heterocycles. The molecule has 4 amide bonds. The fourth-order valence-electron chi connectivity index (χ4n) is 4.13. The minimum absolute atomic E-state index is 0.0298. The molecule has 5 atom stereocenters. The van der Waals surface area contributed by atoms with E-state index in [4.69, 9.17) is 0 Å². The molecule has 202 valence electrons. The highest BCUT2D eigenvalue weighted by atomic mass is 19.4. The highest BCUT2D eigenvalue weighted by Gasteiger charge is 2.48. The third-order valence-corrected chi connectivity index (χ3v) is 5.94. The van der Waals surface area contributed by atoms with E-state index >= 15 is 0 Å². The summed E-state index contributed by atoms with van der Waals surface area (Å²) in [6.07, 6.45) is -6.63. The van der Waals surface area contributed by atoms with Gasteiger partial charge in [0.05, 0.1) is 12.2 Å².